The van der Waals surface area contributed by atoms with Crippen LogP contribution in [0.1, 0.15) is 32.7 Å². The third-order valence-electron chi connectivity index (χ3n) is 4.20. The molecule has 2 aromatic carbocycles. The Morgan fingerprint density at radius 3 is 2.54 bits per heavy atom. The number of benzene rings is 2. The van der Waals surface area contributed by atoms with Crippen molar-refractivity contribution in [2.75, 3.05) is 10.6 Å². The van der Waals surface area contributed by atoms with Crippen LogP contribution in [-0.4, -0.2) is 10.9 Å². The SMILES string of the molecule is Cc1cccc(CNc2ccnc(C(=O)Nc3ccc(C)cc3C)c2)c1. The van der Waals surface area contributed by atoms with Crippen molar-refractivity contribution in [2.45, 2.75) is 27.3 Å². The normalized spacial score (nSPS) is 10.4. The summed E-state index contributed by atoms with van der Waals surface area (Å²) in [6, 6.07) is 17.9. The Morgan fingerprint density at radius 1 is 0.962 bits per heavy atom. The van der Waals surface area contributed by atoms with Crippen LogP contribution in [0.4, 0.5) is 11.4 Å². The molecule has 0 saturated carbocycles. The molecule has 3 aromatic rings. The Hall–Kier alpha value is -3.14. The summed E-state index contributed by atoms with van der Waals surface area (Å²) in [5.41, 5.74) is 6.69. The number of hydrogen-bond acceptors (Lipinski definition) is 3. The molecule has 0 aliphatic heterocycles. The van der Waals surface area contributed by atoms with Crippen molar-refractivity contribution in [3.63, 3.8) is 0 Å². The van der Waals surface area contributed by atoms with Crippen molar-refractivity contribution in [2.24, 2.45) is 0 Å². The molecule has 0 radical (unpaired) electrons. The van der Waals surface area contributed by atoms with Crippen LogP contribution in [0, 0.1) is 20.8 Å². The maximum absolute atomic E-state index is 12.5. The number of nitrogens with one attached hydrogen (secondary N) is 2. The topological polar surface area (TPSA) is 54.0 Å². The Balaban J connectivity index is 1.69. The standard InChI is InChI=1S/C22H23N3O/c1-15-5-4-6-18(12-15)14-24-19-9-10-23-21(13-19)22(26)25-20-8-7-16(2)11-17(20)3/h4-13H,14H2,1-3H3,(H,23,24)(H,25,26). The quantitative estimate of drug-likeness (QED) is 0.693. The van der Waals surface area contributed by atoms with Crippen LogP contribution >= 0.6 is 0 Å². The molecule has 0 saturated heterocycles. The number of rotatable bonds is 5. The van der Waals surface area contributed by atoms with Crippen LogP contribution < -0.4 is 10.6 Å². The van der Waals surface area contributed by atoms with E-state index in [1.807, 2.05) is 44.2 Å². The van der Waals surface area contributed by atoms with Crippen LogP contribution in [0.5, 0.6) is 0 Å². The molecule has 3 rings (SSSR count). The zero-order valence-electron chi connectivity index (χ0n) is 15.3. The van der Waals surface area contributed by atoms with Gasteiger partial charge in [0.05, 0.1) is 0 Å². The highest BCUT2D eigenvalue weighted by Crippen LogP contribution is 2.18. The second-order valence-corrected chi connectivity index (χ2v) is 6.54. The Morgan fingerprint density at radius 2 is 1.77 bits per heavy atom. The minimum atomic E-state index is -0.212. The first-order chi connectivity index (χ1) is 12.5. The maximum atomic E-state index is 12.5. The predicted octanol–water partition coefficient (Wildman–Crippen LogP) is 4.87. The van der Waals surface area contributed by atoms with Gasteiger partial charge in [0.25, 0.3) is 5.91 Å². The Kier molecular flexibility index (Phi) is 5.32. The molecule has 1 aromatic heterocycles. The lowest BCUT2D eigenvalue weighted by molar-refractivity contribution is 0.102. The van der Waals surface area contributed by atoms with E-state index in [0.717, 1.165) is 16.9 Å². The van der Waals surface area contributed by atoms with Gasteiger partial charge in [-0.25, -0.2) is 0 Å². The summed E-state index contributed by atoms with van der Waals surface area (Å²) in [6.07, 6.45) is 1.65. The highest BCUT2D eigenvalue weighted by Gasteiger charge is 2.10. The molecule has 0 fully saturated rings. The molecular formula is C22H23N3O. The van der Waals surface area contributed by atoms with Gasteiger partial charge in [0.15, 0.2) is 0 Å². The molecule has 0 unspecified atom stereocenters. The third-order valence-corrected chi connectivity index (χ3v) is 4.20. The van der Waals surface area contributed by atoms with Gasteiger partial charge in [-0.05, 0) is 50.1 Å². The number of pyridine rings is 1. The summed E-state index contributed by atoms with van der Waals surface area (Å²) in [5.74, 6) is -0.212. The molecule has 1 heterocycles. The molecule has 4 nitrogen and oxygen atoms in total. The minimum Gasteiger partial charge on any atom is -0.381 e. The zero-order chi connectivity index (χ0) is 18.5. The van der Waals surface area contributed by atoms with Gasteiger partial charge < -0.3 is 10.6 Å². The van der Waals surface area contributed by atoms with Crippen molar-refractivity contribution in [1.29, 1.82) is 0 Å². The number of amides is 1. The molecule has 0 aliphatic rings. The van der Waals surface area contributed by atoms with E-state index in [4.69, 9.17) is 0 Å². The van der Waals surface area contributed by atoms with Gasteiger partial charge in [0.1, 0.15) is 5.69 Å². The molecule has 0 atom stereocenters. The largest absolute Gasteiger partial charge is 0.381 e. The van der Waals surface area contributed by atoms with E-state index in [0.29, 0.717) is 12.2 Å². The van der Waals surface area contributed by atoms with Crippen LogP contribution in [0.2, 0.25) is 0 Å². The fourth-order valence-electron chi connectivity index (χ4n) is 2.83. The van der Waals surface area contributed by atoms with E-state index in [1.54, 1.807) is 12.3 Å². The van der Waals surface area contributed by atoms with Gasteiger partial charge in [-0.3, -0.25) is 9.78 Å². The summed E-state index contributed by atoms with van der Waals surface area (Å²) in [4.78, 5) is 16.7. The van der Waals surface area contributed by atoms with E-state index in [1.165, 1.54) is 16.7 Å². The molecule has 2 N–H and O–H groups in total. The molecule has 0 bridgehead atoms. The molecule has 1 amide bonds. The lowest BCUT2D eigenvalue weighted by atomic mass is 10.1. The summed E-state index contributed by atoms with van der Waals surface area (Å²) in [7, 11) is 0. The predicted molar refractivity (Wildman–Crippen MR) is 107 cm³/mol. The van der Waals surface area contributed by atoms with Gasteiger partial charge in [0, 0.05) is 24.1 Å². The van der Waals surface area contributed by atoms with Crippen molar-refractivity contribution >= 4 is 17.3 Å². The first kappa shape index (κ1) is 17.7. The average Bonchev–Trinajstić information content (AvgIpc) is 2.62. The molecule has 0 aliphatic carbocycles. The Labute approximate surface area is 154 Å². The van der Waals surface area contributed by atoms with Crippen molar-refractivity contribution in [3.8, 4) is 0 Å². The fraction of sp³-hybridized carbons (Fsp3) is 0.182. The number of nitrogens with zero attached hydrogens (tertiary/aromatic N) is 1. The Bertz CT molecular complexity index is 934. The highest BCUT2D eigenvalue weighted by atomic mass is 16.1. The minimum absolute atomic E-state index is 0.212. The molecule has 0 spiro atoms. The first-order valence-electron chi connectivity index (χ1n) is 8.65. The van der Waals surface area contributed by atoms with Crippen molar-refractivity contribution in [1.82, 2.24) is 4.98 Å². The van der Waals surface area contributed by atoms with Crippen LogP contribution in [-0.2, 0) is 6.54 Å². The van der Waals surface area contributed by atoms with Gasteiger partial charge in [0.2, 0.25) is 0 Å². The number of hydrogen-bond donors (Lipinski definition) is 2. The summed E-state index contributed by atoms with van der Waals surface area (Å²) >= 11 is 0. The van der Waals surface area contributed by atoms with E-state index in [9.17, 15) is 4.79 Å². The van der Waals surface area contributed by atoms with Gasteiger partial charge in [-0.2, -0.15) is 0 Å². The summed E-state index contributed by atoms with van der Waals surface area (Å²) in [6.45, 7) is 6.79. The van der Waals surface area contributed by atoms with E-state index in [2.05, 4.69) is 40.7 Å². The lowest BCUT2D eigenvalue weighted by Crippen LogP contribution is -2.15. The van der Waals surface area contributed by atoms with E-state index in [-0.39, 0.29) is 5.91 Å². The second kappa shape index (κ2) is 7.83. The number of carbonyl (C=O) groups is 1. The van der Waals surface area contributed by atoms with E-state index >= 15 is 0 Å². The van der Waals surface area contributed by atoms with Crippen LogP contribution in [0.3, 0.4) is 0 Å². The molecule has 4 heteroatoms. The first-order valence-corrected chi connectivity index (χ1v) is 8.65. The molecular weight excluding hydrogens is 322 g/mol. The van der Waals surface area contributed by atoms with Gasteiger partial charge >= 0.3 is 0 Å². The molecule has 26 heavy (non-hydrogen) atoms. The van der Waals surface area contributed by atoms with Crippen LogP contribution in [0.25, 0.3) is 0 Å². The number of aromatic nitrogens is 1. The summed E-state index contributed by atoms with van der Waals surface area (Å²) in [5, 5.41) is 6.28. The lowest BCUT2D eigenvalue weighted by Gasteiger charge is -2.11. The monoisotopic (exact) mass is 345 g/mol. The summed E-state index contributed by atoms with van der Waals surface area (Å²) < 4.78 is 0. The number of carbonyl (C=O) groups excluding carboxylic acids is 1. The number of anilines is 2. The van der Waals surface area contributed by atoms with Gasteiger partial charge in [-0.1, -0.05) is 47.5 Å². The van der Waals surface area contributed by atoms with Crippen molar-refractivity contribution < 1.29 is 4.79 Å². The zero-order valence-corrected chi connectivity index (χ0v) is 15.3. The highest BCUT2D eigenvalue weighted by molar-refractivity contribution is 6.03. The molecule has 132 valence electrons. The van der Waals surface area contributed by atoms with E-state index < -0.39 is 0 Å². The fourth-order valence-corrected chi connectivity index (χ4v) is 2.83. The van der Waals surface area contributed by atoms with Crippen molar-refractivity contribution in [3.05, 3.63) is 88.7 Å². The maximum Gasteiger partial charge on any atom is 0.274 e. The second-order valence-electron chi connectivity index (χ2n) is 6.54. The average molecular weight is 345 g/mol. The van der Waals surface area contributed by atoms with Gasteiger partial charge in [-0.15, -0.1) is 0 Å². The third kappa shape index (κ3) is 4.48. The number of aryl methyl sites for hydroxylation is 3. The van der Waals surface area contributed by atoms with Crippen LogP contribution in [0.15, 0.2) is 60.8 Å². The smallest absolute Gasteiger partial charge is 0.274 e.